The van der Waals surface area contributed by atoms with E-state index in [2.05, 4.69) is 36.0 Å². The summed E-state index contributed by atoms with van der Waals surface area (Å²) in [7, 11) is 0. The van der Waals surface area contributed by atoms with E-state index in [0.717, 1.165) is 43.9 Å². The van der Waals surface area contributed by atoms with Crippen molar-refractivity contribution in [1.29, 1.82) is 0 Å². The number of anilines is 1. The normalized spacial score (nSPS) is 21.6. The molecule has 1 aromatic heterocycles. The van der Waals surface area contributed by atoms with Crippen molar-refractivity contribution in [2.24, 2.45) is 0 Å². The van der Waals surface area contributed by atoms with E-state index < -0.39 is 0 Å². The number of morpholine rings is 1. The van der Waals surface area contributed by atoms with Crippen LogP contribution < -0.4 is 11.1 Å². The molecule has 0 amide bonds. The molecule has 118 valence electrons. The van der Waals surface area contributed by atoms with E-state index in [1.165, 1.54) is 0 Å². The molecule has 0 saturated carbocycles. The summed E-state index contributed by atoms with van der Waals surface area (Å²) < 4.78 is 6.02. The Kier molecular flexibility index (Phi) is 5.96. The van der Waals surface area contributed by atoms with Crippen LogP contribution in [-0.2, 0) is 11.2 Å². The maximum Gasteiger partial charge on any atom is 0.0858 e. The Morgan fingerprint density at radius 1 is 1.52 bits per heavy atom. The molecule has 2 atom stereocenters. The minimum atomic E-state index is 0.195. The zero-order chi connectivity index (χ0) is 15.2. The number of pyridine rings is 1. The van der Waals surface area contributed by atoms with Gasteiger partial charge in [0.25, 0.3) is 0 Å². The van der Waals surface area contributed by atoms with E-state index in [4.69, 9.17) is 10.5 Å². The largest absolute Gasteiger partial charge is 0.398 e. The number of rotatable bonds is 6. The molecular formula is C16H28N4O. The van der Waals surface area contributed by atoms with E-state index in [1.807, 2.05) is 12.3 Å². The van der Waals surface area contributed by atoms with Crippen molar-refractivity contribution in [2.45, 2.75) is 45.4 Å². The van der Waals surface area contributed by atoms with Crippen molar-refractivity contribution in [1.82, 2.24) is 15.2 Å². The lowest BCUT2D eigenvalue weighted by Crippen LogP contribution is -2.54. The lowest BCUT2D eigenvalue weighted by atomic mass is 9.99. The summed E-state index contributed by atoms with van der Waals surface area (Å²) in [5, 5.41) is 3.55. The van der Waals surface area contributed by atoms with E-state index in [1.54, 1.807) is 6.20 Å². The number of nitrogen functional groups attached to an aromatic ring is 1. The van der Waals surface area contributed by atoms with Gasteiger partial charge in [-0.1, -0.05) is 6.92 Å². The van der Waals surface area contributed by atoms with Crippen LogP contribution in [0.15, 0.2) is 18.5 Å². The fourth-order valence-electron chi connectivity index (χ4n) is 2.85. The highest BCUT2D eigenvalue weighted by Crippen LogP contribution is 2.18. The number of likely N-dealkylation sites (N-methyl/N-ethyl adjacent to an activating group) is 1. The van der Waals surface area contributed by atoms with Crippen molar-refractivity contribution < 1.29 is 4.74 Å². The highest BCUT2D eigenvalue weighted by atomic mass is 16.5. The first-order valence-electron chi connectivity index (χ1n) is 7.89. The van der Waals surface area contributed by atoms with E-state index in [0.29, 0.717) is 6.04 Å². The minimum absolute atomic E-state index is 0.195. The molecule has 1 fully saturated rings. The van der Waals surface area contributed by atoms with Gasteiger partial charge in [0.1, 0.15) is 0 Å². The van der Waals surface area contributed by atoms with Gasteiger partial charge in [-0.2, -0.15) is 0 Å². The van der Waals surface area contributed by atoms with Crippen molar-refractivity contribution in [3.63, 3.8) is 0 Å². The first-order chi connectivity index (χ1) is 10.1. The van der Waals surface area contributed by atoms with E-state index in [9.17, 15) is 0 Å². The molecule has 2 rings (SSSR count). The van der Waals surface area contributed by atoms with Gasteiger partial charge in [-0.15, -0.1) is 0 Å². The van der Waals surface area contributed by atoms with Gasteiger partial charge in [-0.05, 0) is 38.4 Å². The third kappa shape index (κ3) is 4.40. The molecule has 0 radical (unpaired) electrons. The van der Waals surface area contributed by atoms with E-state index in [-0.39, 0.29) is 12.1 Å². The highest BCUT2D eigenvalue weighted by Gasteiger charge is 2.29. The number of ether oxygens (including phenoxy) is 1. The zero-order valence-corrected chi connectivity index (χ0v) is 13.4. The fourth-order valence-corrected chi connectivity index (χ4v) is 2.85. The van der Waals surface area contributed by atoms with Gasteiger partial charge < -0.3 is 15.8 Å². The molecule has 2 heterocycles. The molecule has 1 aliphatic heterocycles. The summed E-state index contributed by atoms with van der Waals surface area (Å²) in [5.41, 5.74) is 7.95. The summed E-state index contributed by atoms with van der Waals surface area (Å²) in [6.45, 7) is 10.3. The Morgan fingerprint density at radius 2 is 2.33 bits per heavy atom. The maximum atomic E-state index is 6.05. The Balaban J connectivity index is 2.06. The second-order valence-corrected chi connectivity index (χ2v) is 5.94. The third-order valence-corrected chi connectivity index (χ3v) is 4.15. The molecule has 0 bridgehead atoms. The minimum Gasteiger partial charge on any atom is -0.398 e. The number of nitrogens with two attached hydrogens (primary N) is 1. The molecule has 2 unspecified atom stereocenters. The quantitative estimate of drug-likeness (QED) is 0.827. The lowest BCUT2D eigenvalue weighted by molar-refractivity contribution is -0.0549. The molecule has 5 heteroatoms. The number of hydrogen-bond acceptors (Lipinski definition) is 5. The highest BCUT2D eigenvalue weighted by molar-refractivity contribution is 5.44. The first kappa shape index (κ1) is 16.2. The smallest absolute Gasteiger partial charge is 0.0858 e. The molecule has 21 heavy (non-hydrogen) atoms. The van der Waals surface area contributed by atoms with E-state index >= 15 is 0 Å². The van der Waals surface area contributed by atoms with Crippen molar-refractivity contribution in [3.8, 4) is 0 Å². The predicted molar refractivity (Wildman–Crippen MR) is 86.3 cm³/mol. The average Bonchev–Trinajstić information content (AvgIpc) is 2.49. The lowest BCUT2D eigenvalue weighted by Gasteiger charge is -2.39. The summed E-state index contributed by atoms with van der Waals surface area (Å²) in [4.78, 5) is 6.67. The van der Waals surface area contributed by atoms with Crippen LogP contribution in [0.4, 0.5) is 5.69 Å². The maximum absolute atomic E-state index is 6.05. The Labute approximate surface area is 127 Å². The van der Waals surface area contributed by atoms with Crippen LogP contribution in [0.3, 0.4) is 0 Å². The Hall–Kier alpha value is -1.17. The van der Waals surface area contributed by atoms with Crippen LogP contribution in [0.25, 0.3) is 0 Å². The third-order valence-electron chi connectivity index (χ3n) is 4.15. The van der Waals surface area contributed by atoms with Gasteiger partial charge in [0, 0.05) is 43.3 Å². The number of nitrogens with zero attached hydrogens (tertiary/aromatic N) is 2. The molecule has 5 nitrogen and oxygen atoms in total. The van der Waals surface area contributed by atoms with Crippen molar-refractivity contribution in [2.75, 3.05) is 32.0 Å². The average molecular weight is 292 g/mol. The van der Waals surface area contributed by atoms with Gasteiger partial charge in [0.15, 0.2) is 0 Å². The van der Waals surface area contributed by atoms with Gasteiger partial charge in [-0.25, -0.2) is 0 Å². The summed E-state index contributed by atoms with van der Waals surface area (Å²) in [6.07, 6.45) is 4.65. The number of hydrogen-bond donors (Lipinski definition) is 2. The van der Waals surface area contributed by atoms with Gasteiger partial charge in [-0.3, -0.25) is 9.88 Å². The molecule has 0 aromatic carbocycles. The summed E-state index contributed by atoms with van der Waals surface area (Å²) >= 11 is 0. The second-order valence-electron chi connectivity index (χ2n) is 5.94. The Bertz CT molecular complexity index is 438. The SMILES string of the molecule is CCNC(Cc1cnccc1N)C1CN(C(C)C)CCO1. The monoisotopic (exact) mass is 292 g/mol. The summed E-state index contributed by atoms with van der Waals surface area (Å²) in [6, 6.07) is 2.69. The molecule has 1 saturated heterocycles. The topological polar surface area (TPSA) is 63.4 Å². The van der Waals surface area contributed by atoms with Gasteiger partial charge >= 0.3 is 0 Å². The van der Waals surface area contributed by atoms with Crippen molar-refractivity contribution in [3.05, 3.63) is 24.0 Å². The van der Waals surface area contributed by atoms with Crippen LogP contribution in [0, 0.1) is 0 Å². The number of nitrogens with one attached hydrogen (secondary N) is 1. The fraction of sp³-hybridized carbons (Fsp3) is 0.688. The van der Waals surface area contributed by atoms with Gasteiger partial charge in [0.05, 0.1) is 12.7 Å². The molecule has 0 spiro atoms. The van der Waals surface area contributed by atoms with Crippen LogP contribution in [0.2, 0.25) is 0 Å². The standard InChI is InChI=1S/C16H28N4O/c1-4-19-15(9-13-10-18-6-5-14(13)17)16-11-20(12(2)3)7-8-21-16/h5-6,10,12,15-16,19H,4,7-9,11H2,1-3H3,(H2,17,18). The van der Waals surface area contributed by atoms with Gasteiger partial charge in [0.2, 0.25) is 0 Å². The Morgan fingerprint density at radius 3 is 3.00 bits per heavy atom. The van der Waals surface area contributed by atoms with Crippen LogP contribution in [-0.4, -0.2) is 54.3 Å². The molecule has 1 aliphatic rings. The van der Waals surface area contributed by atoms with Crippen LogP contribution >= 0.6 is 0 Å². The predicted octanol–water partition coefficient (Wildman–Crippen LogP) is 1.29. The molecular weight excluding hydrogens is 264 g/mol. The second kappa shape index (κ2) is 7.73. The zero-order valence-electron chi connectivity index (χ0n) is 13.4. The van der Waals surface area contributed by atoms with Crippen LogP contribution in [0.5, 0.6) is 0 Å². The molecule has 3 N–H and O–H groups in total. The van der Waals surface area contributed by atoms with Crippen molar-refractivity contribution >= 4 is 5.69 Å². The number of aromatic nitrogens is 1. The summed E-state index contributed by atoms with van der Waals surface area (Å²) in [5.74, 6) is 0. The molecule has 1 aromatic rings. The molecule has 0 aliphatic carbocycles. The first-order valence-corrected chi connectivity index (χ1v) is 7.89. The van der Waals surface area contributed by atoms with Crippen LogP contribution in [0.1, 0.15) is 26.3 Å².